The number of benzene rings is 2. The number of likely N-dealkylation sites (tertiary alicyclic amines) is 1. The summed E-state index contributed by atoms with van der Waals surface area (Å²) in [6, 6.07) is 13.7. The Hall–Kier alpha value is -4.44. The van der Waals surface area contributed by atoms with Crippen LogP contribution in [0, 0.1) is 17.8 Å². The molecule has 14 nitrogen and oxygen atoms in total. The van der Waals surface area contributed by atoms with Gasteiger partial charge in [-0.2, -0.15) is 0 Å². The zero-order valence-corrected chi connectivity index (χ0v) is 33.6. The first-order valence-electron chi connectivity index (χ1n) is 19.1. The molecule has 2 bridgehead atoms. The Morgan fingerprint density at radius 2 is 1.88 bits per heavy atom. The van der Waals surface area contributed by atoms with Gasteiger partial charge in [-0.15, -0.1) is 18.3 Å². The average molecular weight is 836 g/mol. The summed E-state index contributed by atoms with van der Waals surface area (Å²) in [6.45, 7) is 11.3. The number of carbonyl (C=O) groups excluding carboxylic acids is 4. The third-order valence-electron chi connectivity index (χ3n) is 11.0. The molecule has 3 amide bonds. The van der Waals surface area contributed by atoms with Gasteiger partial charge in [0.1, 0.15) is 29.9 Å². The Bertz CT molecular complexity index is 1910. The fraction of sp³-hybridized carbons (Fsp3) is 0.512. The second-order valence-electron chi connectivity index (χ2n) is 15.2. The lowest BCUT2D eigenvalue weighted by molar-refractivity contribution is -0.163. The summed E-state index contributed by atoms with van der Waals surface area (Å²) in [5.74, 6) is -4.01. The van der Waals surface area contributed by atoms with Gasteiger partial charge in [-0.3, -0.25) is 19.2 Å². The van der Waals surface area contributed by atoms with Crippen molar-refractivity contribution >= 4 is 50.7 Å². The van der Waals surface area contributed by atoms with Crippen molar-refractivity contribution < 1.29 is 38.5 Å². The molecule has 300 valence electrons. The summed E-state index contributed by atoms with van der Waals surface area (Å²) in [5, 5.41) is 22.3. The topological polar surface area (TPSA) is 165 Å². The molecule has 1 aromatic heterocycles. The number of nitrogens with one attached hydrogen (secondary N) is 1. The molecule has 0 radical (unpaired) electrons. The lowest BCUT2D eigenvalue weighted by Crippen LogP contribution is -2.59. The molecule has 3 saturated heterocycles. The summed E-state index contributed by atoms with van der Waals surface area (Å²) < 4.78 is 20.3. The van der Waals surface area contributed by atoms with Gasteiger partial charge in [0.2, 0.25) is 17.7 Å². The van der Waals surface area contributed by atoms with E-state index in [9.17, 15) is 14.7 Å². The molecule has 0 saturated carbocycles. The standard InChI is InChI=1S/C41H51BrN6O8/c1-6-8-18-32(50)43-30(23-54-5)35(26-14-10-9-11-15-26)55-40(53)33-34-38(51)48(27(22-49)20-25(3)4)37(41(34)21-28(42)36(33)56-41)39(52)46(19-7-2)24-47-31-17-13-12-16-29(31)44-45-47/h6-7,9-17,25,27-28,30,33-37,49H,1-2,8,18-24H2,3-5H3,(H,43,50)/t27-,28?,30+,33+,34-,35+,36+,37+,41-/m1/s1. The summed E-state index contributed by atoms with van der Waals surface area (Å²) in [7, 11) is 1.49. The number of hydrogen-bond donors (Lipinski definition) is 2. The van der Waals surface area contributed by atoms with Crippen LogP contribution in [0.15, 0.2) is 79.9 Å². The molecule has 1 unspecified atom stereocenters. The van der Waals surface area contributed by atoms with E-state index in [-0.39, 0.29) is 44.5 Å². The molecule has 2 N–H and O–H groups in total. The molecule has 1 spiro atoms. The van der Waals surface area contributed by atoms with E-state index in [1.807, 2.05) is 44.2 Å². The van der Waals surface area contributed by atoms with Crippen molar-refractivity contribution in [3.8, 4) is 0 Å². The number of hydrogen-bond acceptors (Lipinski definition) is 10. The highest BCUT2D eigenvalue weighted by atomic mass is 79.9. The molecule has 2 aromatic carbocycles. The van der Waals surface area contributed by atoms with E-state index < -0.39 is 77.0 Å². The smallest absolute Gasteiger partial charge is 0.313 e. The second-order valence-corrected chi connectivity index (χ2v) is 16.3. The first-order chi connectivity index (χ1) is 27.0. The van der Waals surface area contributed by atoms with Crippen LogP contribution in [-0.4, -0.2) is 115 Å². The number of para-hydroxylation sites is 1. The van der Waals surface area contributed by atoms with Gasteiger partial charge in [-0.05, 0) is 42.9 Å². The fourth-order valence-corrected chi connectivity index (χ4v) is 9.63. The van der Waals surface area contributed by atoms with Crippen molar-refractivity contribution in [3.05, 3.63) is 85.5 Å². The van der Waals surface area contributed by atoms with Gasteiger partial charge in [-0.25, -0.2) is 4.68 Å². The number of ether oxygens (including phenoxy) is 3. The number of aliphatic hydroxyl groups is 1. The number of fused-ring (bicyclic) bond motifs is 2. The van der Waals surface area contributed by atoms with E-state index in [1.165, 1.54) is 12.0 Å². The van der Waals surface area contributed by atoms with Gasteiger partial charge >= 0.3 is 5.97 Å². The van der Waals surface area contributed by atoms with Crippen LogP contribution in [0.1, 0.15) is 51.2 Å². The number of carbonyl (C=O) groups is 4. The summed E-state index contributed by atoms with van der Waals surface area (Å²) in [6.07, 6.45) is 2.76. The minimum Gasteiger partial charge on any atom is -0.455 e. The quantitative estimate of drug-likeness (QED) is 0.103. The molecule has 3 aliphatic rings. The molecule has 9 atom stereocenters. The van der Waals surface area contributed by atoms with Crippen molar-refractivity contribution in [2.45, 2.75) is 87.0 Å². The summed E-state index contributed by atoms with van der Waals surface area (Å²) in [4.78, 5) is 60.5. The van der Waals surface area contributed by atoms with E-state index in [2.05, 4.69) is 44.7 Å². The van der Waals surface area contributed by atoms with Crippen LogP contribution in [0.4, 0.5) is 0 Å². The molecule has 0 aliphatic carbocycles. The largest absolute Gasteiger partial charge is 0.455 e. The van der Waals surface area contributed by atoms with Crippen molar-refractivity contribution in [1.82, 2.24) is 30.1 Å². The zero-order chi connectivity index (χ0) is 40.1. The van der Waals surface area contributed by atoms with Crippen LogP contribution in [0.5, 0.6) is 0 Å². The Morgan fingerprint density at radius 3 is 2.55 bits per heavy atom. The predicted molar refractivity (Wildman–Crippen MR) is 211 cm³/mol. The second kappa shape index (κ2) is 17.8. The Balaban J connectivity index is 1.38. The molecule has 15 heteroatoms. The Morgan fingerprint density at radius 1 is 1.14 bits per heavy atom. The highest BCUT2D eigenvalue weighted by Crippen LogP contribution is 2.61. The van der Waals surface area contributed by atoms with Crippen LogP contribution in [0.3, 0.4) is 0 Å². The maximum Gasteiger partial charge on any atom is 0.313 e. The van der Waals surface area contributed by atoms with Crippen LogP contribution in [0.25, 0.3) is 11.0 Å². The number of halogens is 1. The van der Waals surface area contributed by atoms with Gasteiger partial charge in [0.15, 0.2) is 0 Å². The fourth-order valence-electron chi connectivity index (χ4n) is 8.68. The third-order valence-corrected chi connectivity index (χ3v) is 11.8. The highest BCUT2D eigenvalue weighted by molar-refractivity contribution is 9.09. The minimum atomic E-state index is -1.43. The van der Waals surface area contributed by atoms with Crippen molar-refractivity contribution in [2.24, 2.45) is 17.8 Å². The van der Waals surface area contributed by atoms with Crippen LogP contribution < -0.4 is 5.32 Å². The molecular weight excluding hydrogens is 784 g/mol. The number of esters is 1. The van der Waals surface area contributed by atoms with Gasteiger partial charge < -0.3 is 34.4 Å². The number of rotatable bonds is 19. The van der Waals surface area contributed by atoms with Crippen LogP contribution in [0.2, 0.25) is 0 Å². The zero-order valence-electron chi connectivity index (χ0n) is 32.0. The normalized spacial score (nSPS) is 25.5. The van der Waals surface area contributed by atoms with E-state index in [1.54, 1.807) is 46.0 Å². The van der Waals surface area contributed by atoms with Gasteiger partial charge in [-0.1, -0.05) is 89.6 Å². The van der Waals surface area contributed by atoms with Crippen molar-refractivity contribution in [1.29, 1.82) is 0 Å². The SMILES string of the molecule is C=CCCC(=O)N[C@@H](COC)[C@@H](OC(=O)[C@@H]1[C@H]2O[C@@]3(CC2Br)[C@H](C(=O)N(CC=C)Cn2nnc4ccccc42)N([C@@H](CO)CC(C)C)C(=O)[C@@H]13)c1ccccc1. The Labute approximate surface area is 335 Å². The van der Waals surface area contributed by atoms with Crippen molar-refractivity contribution in [2.75, 3.05) is 26.9 Å². The van der Waals surface area contributed by atoms with E-state index in [4.69, 9.17) is 14.2 Å². The summed E-state index contributed by atoms with van der Waals surface area (Å²) >= 11 is 3.75. The molecule has 3 fully saturated rings. The van der Waals surface area contributed by atoms with E-state index >= 15 is 9.59 Å². The van der Waals surface area contributed by atoms with E-state index in [0.29, 0.717) is 23.9 Å². The average Bonchev–Trinajstić information content (AvgIpc) is 3.91. The summed E-state index contributed by atoms with van der Waals surface area (Å²) in [5.41, 5.74) is 0.562. The molecule has 6 rings (SSSR count). The Kier molecular flexibility index (Phi) is 13.1. The number of aliphatic hydroxyl groups excluding tert-OH is 1. The molecule has 3 aliphatic heterocycles. The number of methoxy groups -OCH3 is 1. The first-order valence-corrected chi connectivity index (χ1v) is 20.0. The highest BCUT2D eigenvalue weighted by Gasteiger charge is 2.77. The lowest BCUT2D eigenvalue weighted by Gasteiger charge is -2.39. The number of amides is 3. The van der Waals surface area contributed by atoms with Crippen molar-refractivity contribution in [3.63, 3.8) is 0 Å². The van der Waals surface area contributed by atoms with Gasteiger partial charge in [0.05, 0.1) is 48.8 Å². The third kappa shape index (κ3) is 7.91. The number of allylic oxidation sites excluding steroid dienone is 1. The molecule has 56 heavy (non-hydrogen) atoms. The maximum absolute atomic E-state index is 15.1. The molecular formula is C41H51BrN6O8. The monoisotopic (exact) mass is 834 g/mol. The number of aromatic nitrogens is 3. The van der Waals surface area contributed by atoms with Crippen LogP contribution >= 0.6 is 15.9 Å². The predicted octanol–water partition coefficient (Wildman–Crippen LogP) is 3.94. The number of alkyl halides is 1. The molecule has 3 aromatic rings. The number of nitrogens with zero attached hydrogens (tertiary/aromatic N) is 5. The minimum absolute atomic E-state index is 0.00339. The molecule has 4 heterocycles. The van der Waals surface area contributed by atoms with Crippen LogP contribution in [-0.2, 0) is 40.1 Å². The first kappa shape index (κ1) is 41.2. The maximum atomic E-state index is 15.1. The van der Waals surface area contributed by atoms with Gasteiger partial charge in [0, 0.05) is 24.9 Å². The van der Waals surface area contributed by atoms with E-state index in [0.717, 1.165) is 5.52 Å². The lowest BCUT2D eigenvalue weighted by atomic mass is 9.70. The van der Waals surface area contributed by atoms with Gasteiger partial charge in [0.25, 0.3) is 0 Å².